The van der Waals surface area contributed by atoms with Crippen molar-refractivity contribution >= 4 is 5.97 Å². The van der Waals surface area contributed by atoms with Crippen molar-refractivity contribution in [3.8, 4) is 0 Å². The van der Waals surface area contributed by atoms with Crippen LogP contribution < -0.4 is 5.32 Å². The molecule has 2 bridgehead atoms. The van der Waals surface area contributed by atoms with Gasteiger partial charge in [-0.2, -0.15) is 5.10 Å². The number of aryl methyl sites for hydroxylation is 1. The molecule has 5 nitrogen and oxygen atoms in total. The van der Waals surface area contributed by atoms with Crippen LogP contribution in [0.1, 0.15) is 47.6 Å². The topological polar surface area (TPSA) is 56.1 Å². The van der Waals surface area contributed by atoms with Crippen LogP contribution in [0.2, 0.25) is 0 Å². The number of aromatic nitrogens is 2. The van der Waals surface area contributed by atoms with Gasteiger partial charge in [0.05, 0.1) is 12.3 Å². The van der Waals surface area contributed by atoms with E-state index in [1.165, 1.54) is 6.42 Å². The normalized spacial score (nSPS) is 25.8. The third-order valence-corrected chi connectivity index (χ3v) is 3.66. The van der Waals surface area contributed by atoms with Gasteiger partial charge in [0, 0.05) is 31.1 Å². The van der Waals surface area contributed by atoms with Crippen molar-refractivity contribution in [3.63, 3.8) is 0 Å². The highest BCUT2D eigenvalue weighted by Crippen LogP contribution is 2.37. The number of hydrogen-bond acceptors (Lipinski definition) is 4. The molecule has 0 spiro atoms. The van der Waals surface area contributed by atoms with Gasteiger partial charge in [-0.25, -0.2) is 4.79 Å². The van der Waals surface area contributed by atoms with Gasteiger partial charge in [0.15, 0.2) is 5.69 Å². The number of nitrogens with one attached hydrogen (secondary N) is 1. The molecule has 3 rings (SSSR count). The molecule has 0 saturated carbocycles. The quantitative estimate of drug-likeness (QED) is 0.775. The van der Waals surface area contributed by atoms with Crippen LogP contribution in [0.5, 0.6) is 0 Å². The molecular weight excluding hydrogens is 218 g/mol. The van der Waals surface area contributed by atoms with Gasteiger partial charge >= 0.3 is 5.97 Å². The van der Waals surface area contributed by atoms with Gasteiger partial charge in [0.25, 0.3) is 0 Å². The summed E-state index contributed by atoms with van der Waals surface area (Å²) in [5.74, 6) is -0.254. The molecule has 2 atom stereocenters. The molecule has 17 heavy (non-hydrogen) atoms. The zero-order valence-corrected chi connectivity index (χ0v) is 10.2. The van der Waals surface area contributed by atoms with E-state index in [0.717, 1.165) is 24.1 Å². The molecule has 0 aliphatic carbocycles. The standard InChI is InChI=1S/C12H17N3O2/c1-3-17-12(16)11-10-8-5-4-7(13-8)6-9(10)14-15(11)2/h7-8,13H,3-6H2,1-2H3. The summed E-state index contributed by atoms with van der Waals surface area (Å²) in [4.78, 5) is 12.0. The highest BCUT2D eigenvalue weighted by Gasteiger charge is 2.38. The second-order valence-electron chi connectivity index (χ2n) is 4.75. The highest BCUT2D eigenvalue weighted by atomic mass is 16.5. The van der Waals surface area contributed by atoms with E-state index in [1.54, 1.807) is 4.68 Å². The zero-order chi connectivity index (χ0) is 12.0. The van der Waals surface area contributed by atoms with Crippen molar-refractivity contribution < 1.29 is 9.53 Å². The Morgan fingerprint density at radius 2 is 2.41 bits per heavy atom. The summed E-state index contributed by atoms with van der Waals surface area (Å²) in [6.45, 7) is 2.23. The van der Waals surface area contributed by atoms with E-state index < -0.39 is 0 Å². The Kier molecular flexibility index (Phi) is 2.43. The molecule has 1 saturated heterocycles. The van der Waals surface area contributed by atoms with Crippen LogP contribution in [0.15, 0.2) is 0 Å². The lowest BCUT2D eigenvalue weighted by atomic mass is 10.00. The number of hydrogen-bond donors (Lipinski definition) is 1. The van der Waals surface area contributed by atoms with Gasteiger partial charge in [-0.3, -0.25) is 4.68 Å². The summed E-state index contributed by atoms with van der Waals surface area (Å²) in [6, 6.07) is 0.828. The minimum absolute atomic E-state index is 0.254. The van der Waals surface area contributed by atoms with Crippen LogP contribution in [0.4, 0.5) is 0 Å². The van der Waals surface area contributed by atoms with Crippen LogP contribution in [0, 0.1) is 0 Å². The van der Waals surface area contributed by atoms with Crippen molar-refractivity contribution in [2.75, 3.05) is 6.61 Å². The fourth-order valence-electron chi connectivity index (χ4n) is 3.00. The Labute approximate surface area is 100 Å². The second kappa shape index (κ2) is 3.84. The Morgan fingerprint density at radius 1 is 1.59 bits per heavy atom. The van der Waals surface area contributed by atoms with E-state index in [1.807, 2.05) is 14.0 Å². The SMILES string of the molecule is CCOC(=O)c1c2c(nn1C)CC1CCC2N1. The molecule has 1 aromatic heterocycles. The average molecular weight is 235 g/mol. The van der Waals surface area contributed by atoms with Crippen LogP contribution in [-0.4, -0.2) is 28.4 Å². The molecule has 1 fully saturated rings. The maximum atomic E-state index is 12.0. The molecule has 2 aliphatic rings. The summed E-state index contributed by atoms with van der Waals surface area (Å²) in [5.41, 5.74) is 2.77. The minimum atomic E-state index is -0.254. The van der Waals surface area contributed by atoms with Crippen LogP contribution in [-0.2, 0) is 18.2 Å². The third kappa shape index (κ3) is 1.57. The van der Waals surface area contributed by atoms with Gasteiger partial charge in [-0.1, -0.05) is 0 Å². The molecule has 0 aromatic carbocycles. The van der Waals surface area contributed by atoms with Gasteiger partial charge in [0.2, 0.25) is 0 Å². The van der Waals surface area contributed by atoms with E-state index in [0.29, 0.717) is 18.3 Å². The van der Waals surface area contributed by atoms with E-state index in [9.17, 15) is 4.79 Å². The minimum Gasteiger partial charge on any atom is -0.461 e. The molecule has 92 valence electrons. The maximum absolute atomic E-state index is 12.0. The van der Waals surface area contributed by atoms with Gasteiger partial charge in [-0.05, 0) is 19.8 Å². The number of esters is 1. The van der Waals surface area contributed by atoms with E-state index >= 15 is 0 Å². The fourth-order valence-corrected chi connectivity index (χ4v) is 3.00. The molecule has 5 heteroatoms. The predicted octanol–water partition coefficient (Wildman–Crippen LogP) is 0.946. The number of ether oxygens (including phenoxy) is 1. The number of carbonyl (C=O) groups is 1. The molecule has 0 radical (unpaired) electrons. The lowest BCUT2D eigenvalue weighted by molar-refractivity contribution is 0.0511. The number of fused-ring (bicyclic) bond motifs is 4. The first-order chi connectivity index (χ1) is 8.20. The molecular formula is C12H17N3O2. The second-order valence-corrected chi connectivity index (χ2v) is 4.75. The smallest absolute Gasteiger partial charge is 0.356 e. The lowest BCUT2D eigenvalue weighted by Gasteiger charge is -2.21. The molecule has 1 N–H and O–H groups in total. The number of carbonyl (C=O) groups excluding carboxylic acids is 1. The van der Waals surface area contributed by atoms with E-state index in [4.69, 9.17) is 4.74 Å². The Hall–Kier alpha value is -1.36. The first kappa shape index (κ1) is 10.8. The van der Waals surface area contributed by atoms with Gasteiger partial charge in [0.1, 0.15) is 0 Å². The maximum Gasteiger partial charge on any atom is 0.356 e. The number of nitrogens with zero attached hydrogens (tertiary/aromatic N) is 2. The summed E-state index contributed by atoms with van der Waals surface area (Å²) in [7, 11) is 1.82. The third-order valence-electron chi connectivity index (χ3n) is 3.66. The van der Waals surface area contributed by atoms with Crippen LogP contribution >= 0.6 is 0 Å². The monoisotopic (exact) mass is 235 g/mol. The Bertz CT molecular complexity index is 467. The summed E-state index contributed by atoms with van der Waals surface area (Å²) in [5, 5.41) is 8.01. The fraction of sp³-hybridized carbons (Fsp3) is 0.667. The van der Waals surface area contributed by atoms with Gasteiger partial charge in [-0.15, -0.1) is 0 Å². The van der Waals surface area contributed by atoms with Crippen molar-refractivity contribution in [2.45, 2.75) is 38.3 Å². The van der Waals surface area contributed by atoms with Gasteiger partial charge < -0.3 is 10.1 Å². The molecule has 2 unspecified atom stereocenters. The largest absolute Gasteiger partial charge is 0.461 e. The number of rotatable bonds is 2. The Balaban J connectivity index is 2.04. The van der Waals surface area contributed by atoms with E-state index in [-0.39, 0.29) is 12.0 Å². The Morgan fingerprint density at radius 3 is 3.18 bits per heavy atom. The summed E-state index contributed by atoms with van der Waals surface area (Å²) >= 11 is 0. The average Bonchev–Trinajstić information content (AvgIpc) is 2.81. The van der Waals surface area contributed by atoms with Crippen LogP contribution in [0.25, 0.3) is 0 Å². The summed E-state index contributed by atoms with van der Waals surface area (Å²) < 4.78 is 6.78. The van der Waals surface area contributed by atoms with E-state index in [2.05, 4.69) is 10.4 Å². The molecule has 1 aromatic rings. The van der Waals surface area contributed by atoms with Crippen LogP contribution in [0.3, 0.4) is 0 Å². The molecule has 2 aliphatic heterocycles. The molecule has 0 amide bonds. The van der Waals surface area contributed by atoms with Crippen molar-refractivity contribution in [3.05, 3.63) is 17.0 Å². The summed E-state index contributed by atoms with van der Waals surface area (Å²) in [6.07, 6.45) is 3.20. The van der Waals surface area contributed by atoms with Crippen molar-refractivity contribution in [1.29, 1.82) is 0 Å². The zero-order valence-electron chi connectivity index (χ0n) is 10.2. The first-order valence-electron chi connectivity index (χ1n) is 6.19. The highest BCUT2D eigenvalue weighted by molar-refractivity contribution is 5.90. The molecule has 3 heterocycles. The lowest BCUT2D eigenvalue weighted by Crippen LogP contribution is -2.32. The van der Waals surface area contributed by atoms with Crippen molar-refractivity contribution in [1.82, 2.24) is 15.1 Å². The first-order valence-corrected chi connectivity index (χ1v) is 6.19. The predicted molar refractivity (Wildman–Crippen MR) is 61.8 cm³/mol. The van der Waals surface area contributed by atoms with Crippen molar-refractivity contribution in [2.24, 2.45) is 7.05 Å².